The Morgan fingerprint density at radius 2 is 2.00 bits per heavy atom. The summed E-state index contributed by atoms with van der Waals surface area (Å²) in [6.07, 6.45) is 4.70. The topological polar surface area (TPSA) is 20.2 Å². The monoisotopic (exact) mass is 166 g/mol. The third kappa shape index (κ3) is 7.19. The zero-order valence-electron chi connectivity index (χ0n) is 7.31. The number of rotatable bonds is 1. The van der Waals surface area contributed by atoms with Gasteiger partial charge in [-0.25, -0.2) is 0 Å². The summed E-state index contributed by atoms with van der Waals surface area (Å²) in [7, 11) is -1.34. The molecule has 60 valence electrons. The minimum atomic E-state index is -1.34. The van der Waals surface area contributed by atoms with Gasteiger partial charge in [0.15, 0.2) is 0 Å². The number of hydrogen-bond acceptors (Lipinski definition) is 1. The van der Waals surface area contributed by atoms with Crippen molar-refractivity contribution < 1.29 is 5.11 Å². The second kappa shape index (κ2) is 4.23. The van der Waals surface area contributed by atoms with E-state index in [0.717, 1.165) is 0 Å². The SMILES string of the molecule is C#CC[C@@H](O)C#C[Si](C)(C)C. The molecular weight excluding hydrogens is 152 g/mol. The maximum atomic E-state index is 9.12. The molecular formula is C9H14OSi. The van der Waals surface area contributed by atoms with E-state index in [4.69, 9.17) is 11.5 Å². The standard InChI is InChI=1S/C9H14OSi/c1-5-6-9(10)7-8-11(2,3)4/h1,9-10H,6H2,2-4H3/t9-/m1/s1. The maximum Gasteiger partial charge on any atom is 0.129 e. The first-order valence-electron chi connectivity index (χ1n) is 3.60. The molecule has 0 unspecified atom stereocenters. The predicted molar refractivity (Wildman–Crippen MR) is 50.6 cm³/mol. The molecule has 0 fully saturated rings. The van der Waals surface area contributed by atoms with Crippen molar-refractivity contribution in [3.05, 3.63) is 0 Å². The molecule has 0 amide bonds. The Balaban J connectivity index is 3.99. The molecule has 0 rings (SSSR count). The molecule has 0 aliphatic heterocycles. The third-order valence-corrected chi connectivity index (χ3v) is 1.82. The zero-order valence-corrected chi connectivity index (χ0v) is 8.31. The van der Waals surface area contributed by atoms with Crippen LogP contribution in [0.3, 0.4) is 0 Å². The van der Waals surface area contributed by atoms with Crippen LogP contribution < -0.4 is 0 Å². The van der Waals surface area contributed by atoms with Gasteiger partial charge in [-0.05, 0) is 0 Å². The lowest BCUT2D eigenvalue weighted by molar-refractivity contribution is 0.239. The minimum Gasteiger partial charge on any atom is -0.379 e. The van der Waals surface area contributed by atoms with E-state index in [9.17, 15) is 0 Å². The number of terminal acetylenes is 1. The van der Waals surface area contributed by atoms with Crippen LogP contribution in [0.2, 0.25) is 19.6 Å². The van der Waals surface area contributed by atoms with E-state index in [1.54, 1.807) is 0 Å². The van der Waals surface area contributed by atoms with E-state index in [0.29, 0.717) is 6.42 Å². The average molecular weight is 166 g/mol. The van der Waals surface area contributed by atoms with Crippen molar-refractivity contribution in [3.8, 4) is 23.8 Å². The molecule has 0 radical (unpaired) electrons. The zero-order chi connectivity index (χ0) is 8.91. The van der Waals surface area contributed by atoms with Gasteiger partial charge in [0, 0.05) is 6.42 Å². The van der Waals surface area contributed by atoms with E-state index >= 15 is 0 Å². The molecule has 0 aliphatic rings. The van der Waals surface area contributed by atoms with Gasteiger partial charge in [0.1, 0.15) is 14.2 Å². The van der Waals surface area contributed by atoms with Gasteiger partial charge in [0.05, 0.1) is 0 Å². The molecule has 0 aromatic heterocycles. The van der Waals surface area contributed by atoms with E-state index in [1.807, 2.05) is 0 Å². The van der Waals surface area contributed by atoms with Crippen molar-refractivity contribution in [2.24, 2.45) is 0 Å². The highest BCUT2D eigenvalue weighted by molar-refractivity contribution is 6.83. The molecule has 0 saturated carbocycles. The van der Waals surface area contributed by atoms with E-state index in [-0.39, 0.29) is 0 Å². The Labute approximate surface area is 69.8 Å². The van der Waals surface area contributed by atoms with Crippen molar-refractivity contribution in [1.29, 1.82) is 0 Å². The van der Waals surface area contributed by atoms with Crippen molar-refractivity contribution in [2.75, 3.05) is 0 Å². The highest BCUT2D eigenvalue weighted by atomic mass is 28.3. The molecule has 0 aromatic rings. The summed E-state index contributed by atoms with van der Waals surface area (Å²) < 4.78 is 0. The van der Waals surface area contributed by atoms with Crippen LogP contribution >= 0.6 is 0 Å². The Hall–Kier alpha value is -0.703. The van der Waals surface area contributed by atoms with Crippen molar-refractivity contribution in [1.82, 2.24) is 0 Å². The number of aliphatic hydroxyl groups excluding tert-OH is 1. The molecule has 1 atom stereocenters. The minimum absolute atomic E-state index is 0.331. The average Bonchev–Trinajstić information content (AvgIpc) is 1.83. The number of aliphatic hydroxyl groups is 1. The van der Waals surface area contributed by atoms with Gasteiger partial charge in [-0.1, -0.05) is 25.6 Å². The van der Waals surface area contributed by atoms with Crippen LogP contribution in [0.15, 0.2) is 0 Å². The van der Waals surface area contributed by atoms with Crippen molar-refractivity contribution in [3.63, 3.8) is 0 Å². The first-order chi connectivity index (χ1) is 4.95. The summed E-state index contributed by atoms with van der Waals surface area (Å²) in [5.74, 6) is 5.11. The van der Waals surface area contributed by atoms with Gasteiger partial charge in [-0.2, -0.15) is 0 Å². The van der Waals surface area contributed by atoms with Crippen LogP contribution in [0.4, 0.5) is 0 Å². The van der Waals surface area contributed by atoms with Gasteiger partial charge in [-0.3, -0.25) is 0 Å². The van der Waals surface area contributed by atoms with Crippen LogP contribution in [-0.2, 0) is 0 Å². The Morgan fingerprint density at radius 1 is 1.45 bits per heavy atom. The molecule has 0 bridgehead atoms. The molecule has 0 aliphatic carbocycles. The van der Waals surface area contributed by atoms with Crippen LogP contribution in [0.1, 0.15) is 6.42 Å². The van der Waals surface area contributed by atoms with Crippen LogP contribution in [0, 0.1) is 23.8 Å². The van der Waals surface area contributed by atoms with Gasteiger partial charge in [-0.15, -0.1) is 17.9 Å². The Kier molecular flexibility index (Phi) is 3.96. The summed E-state index contributed by atoms with van der Waals surface area (Å²) >= 11 is 0. The fourth-order valence-electron chi connectivity index (χ4n) is 0.462. The smallest absolute Gasteiger partial charge is 0.129 e. The second-order valence-corrected chi connectivity index (χ2v) is 8.19. The lowest BCUT2D eigenvalue weighted by atomic mass is 10.3. The molecule has 0 aromatic carbocycles. The largest absolute Gasteiger partial charge is 0.379 e. The third-order valence-electron chi connectivity index (χ3n) is 0.925. The van der Waals surface area contributed by atoms with Crippen molar-refractivity contribution >= 4 is 8.07 Å². The fraction of sp³-hybridized carbons (Fsp3) is 0.556. The summed E-state index contributed by atoms with van der Waals surface area (Å²) in [5, 5.41) is 9.12. The lowest BCUT2D eigenvalue weighted by Crippen LogP contribution is -2.17. The second-order valence-electron chi connectivity index (χ2n) is 3.44. The van der Waals surface area contributed by atoms with Crippen LogP contribution in [0.25, 0.3) is 0 Å². The summed E-state index contributed by atoms with van der Waals surface area (Å²) in [6, 6.07) is 0. The molecule has 11 heavy (non-hydrogen) atoms. The normalized spacial score (nSPS) is 12.6. The van der Waals surface area contributed by atoms with Gasteiger partial charge in [0.25, 0.3) is 0 Å². The lowest BCUT2D eigenvalue weighted by Gasteiger charge is -2.04. The maximum absolute atomic E-state index is 9.12. The molecule has 1 nitrogen and oxygen atoms in total. The highest BCUT2D eigenvalue weighted by Gasteiger charge is 2.08. The Morgan fingerprint density at radius 3 is 2.36 bits per heavy atom. The summed E-state index contributed by atoms with van der Waals surface area (Å²) in [4.78, 5) is 0. The number of hydrogen-bond donors (Lipinski definition) is 1. The summed E-state index contributed by atoms with van der Waals surface area (Å²) in [6.45, 7) is 6.38. The van der Waals surface area contributed by atoms with Crippen LogP contribution in [0.5, 0.6) is 0 Å². The van der Waals surface area contributed by atoms with Gasteiger partial charge < -0.3 is 5.11 Å². The molecule has 0 spiro atoms. The van der Waals surface area contributed by atoms with Crippen molar-refractivity contribution in [2.45, 2.75) is 32.2 Å². The van der Waals surface area contributed by atoms with E-state index < -0.39 is 14.2 Å². The van der Waals surface area contributed by atoms with Gasteiger partial charge in [0.2, 0.25) is 0 Å². The first-order valence-corrected chi connectivity index (χ1v) is 7.10. The van der Waals surface area contributed by atoms with Crippen LogP contribution in [-0.4, -0.2) is 19.3 Å². The summed E-state index contributed by atoms with van der Waals surface area (Å²) in [5.41, 5.74) is 3.05. The quantitative estimate of drug-likeness (QED) is 0.459. The fourth-order valence-corrected chi connectivity index (χ4v) is 1.06. The first kappa shape index (κ1) is 10.3. The predicted octanol–water partition coefficient (Wildman–Crippen LogP) is 1.25. The van der Waals surface area contributed by atoms with E-state index in [2.05, 4.69) is 37.0 Å². The van der Waals surface area contributed by atoms with E-state index in [1.165, 1.54) is 0 Å². The molecule has 1 N–H and O–H groups in total. The Bertz CT molecular complexity index is 208. The molecule has 2 heteroatoms. The molecule has 0 saturated heterocycles. The van der Waals surface area contributed by atoms with Gasteiger partial charge >= 0.3 is 0 Å². The molecule has 0 heterocycles. The highest BCUT2D eigenvalue weighted by Crippen LogP contribution is 1.97.